The highest BCUT2D eigenvalue weighted by molar-refractivity contribution is 5.59. The molecule has 3 heteroatoms. The van der Waals surface area contributed by atoms with E-state index in [4.69, 9.17) is 4.74 Å². The van der Waals surface area contributed by atoms with E-state index in [1.807, 2.05) is 0 Å². The van der Waals surface area contributed by atoms with Crippen molar-refractivity contribution in [3.63, 3.8) is 0 Å². The molecular formula is C19H34N2O. The second-order valence-corrected chi connectivity index (χ2v) is 6.27. The van der Waals surface area contributed by atoms with Gasteiger partial charge in [0.1, 0.15) is 5.75 Å². The van der Waals surface area contributed by atoms with Crippen LogP contribution in [0.5, 0.6) is 5.75 Å². The monoisotopic (exact) mass is 306 g/mol. The van der Waals surface area contributed by atoms with Crippen molar-refractivity contribution in [1.29, 1.82) is 0 Å². The Labute approximate surface area is 137 Å². The van der Waals surface area contributed by atoms with E-state index in [2.05, 4.69) is 63.2 Å². The second-order valence-electron chi connectivity index (χ2n) is 6.27. The van der Waals surface area contributed by atoms with Gasteiger partial charge in [0, 0.05) is 20.1 Å². The maximum absolute atomic E-state index is 6.05. The zero-order valence-electron chi connectivity index (χ0n) is 15.1. The highest BCUT2D eigenvalue weighted by Crippen LogP contribution is 2.30. The molecule has 0 unspecified atom stereocenters. The van der Waals surface area contributed by atoms with Gasteiger partial charge in [-0.15, -0.1) is 0 Å². The van der Waals surface area contributed by atoms with Crippen LogP contribution >= 0.6 is 0 Å². The van der Waals surface area contributed by atoms with Gasteiger partial charge in [0.05, 0.1) is 11.8 Å². The van der Waals surface area contributed by atoms with Crippen LogP contribution in [0.2, 0.25) is 0 Å². The molecule has 1 N–H and O–H groups in total. The van der Waals surface area contributed by atoms with Crippen molar-refractivity contribution in [3.8, 4) is 5.75 Å². The van der Waals surface area contributed by atoms with Crippen LogP contribution < -0.4 is 15.0 Å². The number of unbranched alkanes of at least 4 members (excludes halogenated alkanes) is 2. The van der Waals surface area contributed by atoms with Gasteiger partial charge in [-0.3, -0.25) is 0 Å². The van der Waals surface area contributed by atoms with E-state index in [0.717, 1.165) is 25.4 Å². The van der Waals surface area contributed by atoms with Crippen LogP contribution in [0.1, 0.15) is 58.9 Å². The molecule has 0 aromatic heterocycles. The smallest absolute Gasteiger partial charge is 0.143 e. The molecule has 0 aliphatic heterocycles. The number of rotatable bonds is 11. The summed E-state index contributed by atoms with van der Waals surface area (Å²) >= 11 is 0. The summed E-state index contributed by atoms with van der Waals surface area (Å²) in [5.74, 6) is 1.00. The molecule has 0 radical (unpaired) electrons. The fourth-order valence-electron chi connectivity index (χ4n) is 2.38. The van der Waals surface area contributed by atoms with E-state index in [0.29, 0.717) is 0 Å². The van der Waals surface area contributed by atoms with Gasteiger partial charge in [-0.1, -0.05) is 32.8 Å². The quantitative estimate of drug-likeness (QED) is 0.605. The fraction of sp³-hybridized carbons (Fsp3) is 0.684. The first-order valence-electron chi connectivity index (χ1n) is 8.79. The molecule has 3 nitrogen and oxygen atoms in total. The van der Waals surface area contributed by atoms with Crippen LogP contribution in [0.15, 0.2) is 18.2 Å². The summed E-state index contributed by atoms with van der Waals surface area (Å²) in [5, 5.41) is 3.50. The summed E-state index contributed by atoms with van der Waals surface area (Å²) in [6.07, 6.45) is 5.08. The zero-order valence-corrected chi connectivity index (χ0v) is 15.1. The molecule has 1 aromatic rings. The van der Waals surface area contributed by atoms with Crippen molar-refractivity contribution in [3.05, 3.63) is 23.8 Å². The Morgan fingerprint density at radius 1 is 1.14 bits per heavy atom. The highest BCUT2D eigenvalue weighted by Gasteiger charge is 2.11. The van der Waals surface area contributed by atoms with E-state index in [9.17, 15) is 0 Å². The molecule has 0 heterocycles. The zero-order chi connectivity index (χ0) is 16.4. The van der Waals surface area contributed by atoms with Crippen molar-refractivity contribution in [2.45, 2.75) is 66.0 Å². The summed E-state index contributed by atoms with van der Waals surface area (Å²) in [7, 11) is 2.15. The fourth-order valence-corrected chi connectivity index (χ4v) is 2.38. The Kier molecular flexibility index (Phi) is 8.98. The third kappa shape index (κ3) is 6.69. The largest absolute Gasteiger partial charge is 0.489 e. The van der Waals surface area contributed by atoms with Crippen LogP contribution in [-0.4, -0.2) is 26.2 Å². The standard InChI is InChI=1S/C19H34N2O/c1-6-8-12-20-15-17-10-11-18(21(5)13-9-7-2)19(14-17)22-16(3)4/h10-11,14,16,20H,6-9,12-13,15H2,1-5H3. The SMILES string of the molecule is CCCCNCc1ccc(N(C)CCCC)c(OC(C)C)c1. The third-order valence-electron chi connectivity index (χ3n) is 3.68. The lowest BCUT2D eigenvalue weighted by molar-refractivity contribution is 0.242. The van der Waals surface area contributed by atoms with Crippen molar-refractivity contribution in [2.75, 3.05) is 25.0 Å². The molecule has 0 amide bonds. The summed E-state index contributed by atoms with van der Waals surface area (Å²) in [6.45, 7) is 11.7. The molecule has 126 valence electrons. The van der Waals surface area contributed by atoms with Crippen LogP contribution in [-0.2, 0) is 6.54 Å². The minimum Gasteiger partial charge on any atom is -0.489 e. The average molecular weight is 306 g/mol. The number of hydrogen-bond donors (Lipinski definition) is 1. The molecule has 0 saturated carbocycles. The van der Waals surface area contributed by atoms with Crippen molar-refractivity contribution >= 4 is 5.69 Å². The van der Waals surface area contributed by atoms with Gasteiger partial charge in [-0.05, 0) is 50.9 Å². The van der Waals surface area contributed by atoms with Crippen molar-refractivity contribution in [2.24, 2.45) is 0 Å². The molecule has 1 rings (SSSR count). The number of hydrogen-bond acceptors (Lipinski definition) is 3. The molecule has 0 aliphatic carbocycles. The molecule has 0 saturated heterocycles. The lowest BCUT2D eigenvalue weighted by Gasteiger charge is -2.24. The average Bonchev–Trinajstić information content (AvgIpc) is 2.49. The van der Waals surface area contributed by atoms with Crippen LogP contribution in [0.4, 0.5) is 5.69 Å². The second kappa shape index (κ2) is 10.5. The predicted molar refractivity (Wildman–Crippen MR) is 97.0 cm³/mol. The minimum atomic E-state index is 0.196. The van der Waals surface area contributed by atoms with Gasteiger partial charge in [0.25, 0.3) is 0 Å². The highest BCUT2D eigenvalue weighted by atomic mass is 16.5. The molecule has 0 atom stereocenters. The maximum Gasteiger partial charge on any atom is 0.143 e. The first-order chi connectivity index (χ1) is 10.6. The number of anilines is 1. The van der Waals surface area contributed by atoms with E-state index in [-0.39, 0.29) is 6.10 Å². The van der Waals surface area contributed by atoms with E-state index >= 15 is 0 Å². The molecule has 0 spiro atoms. The third-order valence-corrected chi connectivity index (χ3v) is 3.68. The number of benzene rings is 1. The molecule has 22 heavy (non-hydrogen) atoms. The van der Waals surface area contributed by atoms with E-state index in [1.165, 1.54) is 36.9 Å². The lowest BCUT2D eigenvalue weighted by Crippen LogP contribution is -2.21. The van der Waals surface area contributed by atoms with Gasteiger partial charge in [0.15, 0.2) is 0 Å². The first kappa shape index (κ1) is 18.8. The van der Waals surface area contributed by atoms with Gasteiger partial charge in [-0.2, -0.15) is 0 Å². The van der Waals surface area contributed by atoms with Gasteiger partial charge < -0.3 is 15.0 Å². The van der Waals surface area contributed by atoms with Crippen molar-refractivity contribution in [1.82, 2.24) is 5.32 Å². The Balaban J connectivity index is 2.78. The Bertz CT molecular complexity index is 418. The molecule has 1 aromatic carbocycles. The predicted octanol–water partition coefficient (Wildman–Crippen LogP) is 4.60. The van der Waals surface area contributed by atoms with Gasteiger partial charge in [0.2, 0.25) is 0 Å². The summed E-state index contributed by atoms with van der Waals surface area (Å²) in [6, 6.07) is 6.60. The maximum atomic E-state index is 6.05. The van der Waals surface area contributed by atoms with Gasteiger partial charge in [-0.25, -0.2) is 0 Å². The topological polar surface area (TPSA) is 24.5 Å². The number of ether oxygens (including phenoxy) is 1. The molecule has 0 fully saturated rings. The Hall–Kier alpha value is -1.22. The lowest BCUT2D eigenvalue weighted by atomic mass is 10.1. The number of nitrogens with one attached hydrogen (secondary N) is 1. The molecule has 0 bridgehead atoms. The van der Waals surface area contributed by atoms with Crippen molar-refractivity contribution < 1.29 is 4.74 Å². The van der Waals surface area contributed by atoms with Crippen LogP contribution in [0.25, 0.3) is 0 Å². The Morgan fingerprint density at radius 3 is 2.50 bits per heavy atom. The first-order valence-corrected chi connectivity index (χ1v) is 8.79. The summed E-state index contributed by atoms with van der Waals surface area (Å²) in [5.41, 5.74) is 2.49. The number of nitrogens with zero attached hydrogens (tertiary/aromatic N) is 1. The molecular weight excluding hydrogens is 272 g/mol. The van der Waals surface area contributed by atoms with E-state index in [1.54, 1.807) is 0 Å². The Morgan fingerprint density at radius 2 is 1.86 bits per heavy atom. The summed E-state index contributed by atoms with van der Waals surface area (Å²) in [4.78, 5) is 2.30. The van der Waals surface area contributed by atoms with Gasteiger partial charge >= 0.3 is 0 Å². The van der Waals surface area contributed by atoms with Crippen LogP contribution in [0, 0.1) is 0 Å². The normalized spacial score (nSPS) is 11.0. The van der Waals surface area contributed by atoms with E-state index < -0.39 is 0 Å². The van der Waals surface area contributed by atoms with Crippen LogP contribution in [0.3, 0.4) is 0 Å². The minimum absolute atomic E-state index is 0.196. The molecule has 0 aliphatic rings. The summed E-state index contributed by atoms with van der Waals surface area (Å²) < 4.78 is 6.05.